The first-order valence-electron chi connectivity index (χ1n) is 5.67. The number of benzene rings is 1. The smallest absolute Gasteiger partial charge is 0.323 e. The normalized spacial score (nSPS) is 12.7. The molecule has 0 aliphatic rings. The Morgan fingerprint density at radius 2 is 1.85 bits per heavy atom. The van der Waals surface area contributed by atoms with Crippen molar-refractivity contribution in [3.8, 4) is 0 Å². The third kappa shape index (κ3) is 4.32. The minimum Gasteiger partial charge on any atom is -0.481 e. The number of carboxylic acid groups (broad SMARTS) is 1. The highest BCUT2D eigenvalue weighted by molar-refractivity contribution is 7.89. The Labute approximate surface area is 116 Å². The molecule has 7 nitrogen and oxygen atoms in total. The molecule has 0 bridgehead atoms. The van der Waals surface area contributed by atoms with E-state index in [2.05, 4.69) is 9.46 Å². The van der Waals surface area contributed by atoms with E-state index >= 15 is 0 Å². The minimum absolute atomic E-state index is 0.0533. The van der Waals surface area contributed by atoms with Gasteiger partial charge in [0.1, 0.15) is 6.04 Å². The van der Waals surface area contributed by atoms with Gasteiger partial charge in [0.2, 0.25) is 10.0 Å². The second-order valence-corrected chi connectivity index (χ2v) is 5.79. The average molecular weight is 301 g/mol. The van der Waals surface area contributed by atoms with Gasteiger partial charge in [-0.25, -0.2) is 8.42 Å². The molecule has 8 heteroatoms. The lowest BCUT2D eigenvalue weighted by molar-refractivity contribution is -0.142. The molecule has 1 aromatic rings. The summed E-state index contributed by atoms with van der Waals surface area (Å²) < 4.78 is 30.5. The minimum atomic E-state index is -3.86. The van der Waals surface area contributed by atoms with Crippen molar-refractivity contribution in [2.24, 2.45) is 0 Å². The summed E-state index contributed by atoms with van der Waals surface area (Å²) in [5, 5.41) is 8.62. The second kappa shape index (κ2) is 6.49. The molecule has 0 aliphatic heterocycles. The van der Waals surface area contributed by atoms with E-state index in [0.29, 0.717) is 5.56 Å². The molecule has 1 aromatic carbocycles. The van der Waals surface area contributed by atoms with Gasteiger partial charge < -0.3 is 9.84 Å². The fraction of sp³-hybridized carbons (Fsp3) is 0.333. The largest absolute Gasteiger partial charge is 0.481 e. The van der Waals surface area contributed by atoms with Crippen LogP contribution >= 0.6 is 0 Å². The Hall–Kier alpha value is -1.93. The van der Waals surface area contributed by atoms with Gasteiger partial charge in [0.25, 0.3) is 0 Å². The summed E-state index contributed by atoms with van der Waals surface area (Å²) in [4.78, 5) is 21.7. The van der Waals surface area contributed by atoms with Gasteiger partial charge in [0.15, 0.2) is 0 Å². The van der Waals surface area contributed by atoms with Gasteiger partial charge in [-0.2, -0.15) is 4.72 Å². The van der Waals surface area contributed by atoms with Crippen LogP contribution in [0.4, 0.5) is 0 Å². The Balaban J connectivity index is 2.88. The molecule has 110 valence electrons. The lowest BCUT2D eigenvalue weighted by Crippen LogP contribution is -2.39. The Morgan fingerprint density at radius 1 is 1.30 bits per heavy atom. The highest BCUT2D eigenvalue weighted by Gasteiger charge is 2.22. The van der Waals surface area contributed by atoms with Gasteiger partial charge in [0.05, 0.1) is 18.4 Å². The van der Waals surface area contributed by atoms with Gasteiger partial charge in [-0.05, 0) is 24.6 Å². The summed E-state index contributed by atoms with van der Waals surface area (Å²) in [6.07, 6.45) is -0.188. The maximum atomic E-state index is 12.0. The molecule has 1 unspecified atom stereocenters. The molecule has 0 fully saturated rings. The Kier molecular flexibility index (Phi) is 5.23. The van der Waals surface area contributed by atoms with E-state index in [4.69, 9.17) is 5.11 Å². The molecule has 0 aliphatic carbocycles. The van der Waals surface area contributed by atoms with Crippen molar-refractivity contribution >= 4 is 22.0 Å². The SMILES string of the molecule is COC(=O)C(C)NS(=O)(=O)c1ccc(CC(=O)O)cc1. The lowest BCUT2D eigenvalue weighted by atomic mass is 10.2. The lowest BCUT2D eigenvalue weighted by Gasteiger charge is -2.12. The van der Waals surface area contributed by atoms with Crippen LogP contribution in [0.25, 0.3) is 0 Å². The van der Waals surface area contributed by atoms with Crippen LogP contribution in [0.5, 0.6) is 0 Å². The maximum Gasteiger partial charge on any atom is 0.323 e. The van der Waals surface area contributed by atoms with E-state index in [1.54, 1.807) is 0 Å². The topological polar surface area (TPSA) is 110 Å². The number of aliphatic carboxylic acids is 1. The van der Waals surface area contributed by atoms with Crippen molar-refractivity contribution in [2.45, 2.75) is 24.3 Å². The summed E-state index contributed by atoms with van der Waals surface area (Å²) in [5.74, 6) is -1.70. The van der Waals surface area contributed by atoms with Gasteiger partial charge >= 0.3 is 11.9 Å². The molecule has 0 heterocycles. The van der Waals surface area contributed by atoms with Crippen LogP contribution in [0.2, 0.25) is 0 Å². The number of carbonyl (C=O) groups excluding carboxylic acids is 1. The zero-order valence-corrected chi connectivity index (χ0v) is 11.8. The molecule has 2 N–H and O–H groups in total. The summed E-state index contributed by atoms with van der Waals surface area (Å²) >= 11 is 0. The number of sulfonamides is 1. The van der Waals surface area contributed by atoms with Crippen molar-refractivity contribution in [1.29, 1.82) is 0 Å². The number of ether oxygens (including phenoxy) is 1. The number of carbonyl (C=O) groups is 2. The highest BCUT2D eigenvalue weighted by atomic mass is 32.2. The van der Waals surface area contributed by atoms with E-state index in [-0.39, 0.29) is 11.3 Å². The summed E-state index contributed by atoms with van der Waals surface area (Å²) in [6, 6.07) is 4.37. The van der Waals surface area contributed by atoms with E-state index in [0.717, 1.165) is 7.11 Å². The molecule has 1 rings (SSSR count). The second-order valence-electron chi connectivity index (χ2n) is 4.08. The predicted molar refractivity (Wildman–Crippen MR) is 69.6 cm³/mol. The van der Waals surface area contributed by atoms with Crippen LogP contribution < -0.4 is 4.72 Å². The molecule has 1 atom stereocenters. The molecule has 0 amide bonds. The fourth-order valence-electron chi connectivity index (χ4n) is 1.49. The fourth-order valence-corrected chi connectivity index (χ4v) is 2.68. The Bertz CT molecular complexity index is 593. The van der Waals surface area contributed by atoms with Crippen molar-refractivity contribution in [1.82, 2.24) is 4.72 Å². The maximum absolute atomic E-state index is 12.0. The van der Waals surface area contributed by atoms with Crippen molar-refractivity contribution in [2.75, 3.05) is 7.11 Å². The number of rotatable bonds is 6. The number of hydrogen-bond donors (Lipinski definition) is 2. The summed E-state index contributed by atoms with van der Waals surface area (Å²) in [5.41, 5.74) is 0.484. The van der Waals surface area contributed by atoms with E-state index in [1.807, 2.05) is 0 Å². The predicted octanol–water partition coefficient (Wildman–Crippen LogP) is 0.153. The average Bonchev–Trinajstić information content (AvgIpc) is 2.37. The molecule has 0 spiro atoms. The molecule has 20 heavy (non-hydrogen) atoms. The van der Waals surface area contributed by atoms with Crippen LogP contribution in [-0.4, -0.2) is 38.6 Å². The van der Waals surface area contributed by atoms with Crippen LogP contribution in [0.1, 0.15) is 12.5 Å². The van der Waals surface area contributed by atoms with Crippen LogP contribution in [-0.2, 0) is 30.8 Å². The molecule has 0 saturated heterocycles. The third-order valence-electron chi connectivity index (χ3n) is 2.48. The summed E-state index contributed by atoms with van der Waals surface area (Å²) in [6.45, 7) is 1.36. The van der Waals surface area contributed by atoms with Crippen molar-refractivity contribution in [3.63, 3.8) is 0 Å². The number of methoxy groups -OCH3 is 1. The molecule has 0 saturated carbocycles. The zero-order valence-electron chi connectivity index (χ0n) is 11.0. The highest BCUT2D eigenvalue weighted by Crippen LogP contribution is 2.11. The Morgan fingerprint density at radius 3 is 2.30 bits per heavy atom. The zero-order chi connectivity index (χ0) is 15.3. The number of hydrogen-bond acceptors (Lipinski definition) is 5. The molecular formula is C12H15NO6S. The number of nitrogens with one attached hydrogen (secondary N) is 1. The third-order valence-corrected chi connectivity index (χ3v) is 4.03. The quantitative estimate of drug-likeness (QED) is 0.724. The number of carboxylic acids is 1. The van der Waals surface area contributed by atoms with Crippen LogP contribution in [0.15, 0.2) is 29.2 Å². The van der Waals surface area contributed by atoms with E-state index in [1.165, 1.54) is 31.2 Å². The van der Waals surface area contributed by atoms with Crippen molar-refractivity contribution < 1.29 is 27.9 Å². The van der Waals surface area contributed by atoms with Gasteiger partial charge in [-0.15, -0.1) is 0 Å². The van der Waals surface area contributed by atoms with Crippen molar-refractivity contribution in [3.05, 3.63) is 29.8 Å². The molecule has 0 aromatic heterocycles. The van der Waals surface area contributed by atoms with Gasteiger partial charge in [-0.3, -0.25) is 9.59 Å². The first-order valence-corrected chi connectivity index (χ1v) is 7.15. The monoisotopic (exact) mass is 301 g/mol. The standard InChI is InChI=1S/C12H15NO6S/c1-8(12(16)19-2)13-20(17,18)10-5-3-9(4-6-10)7-11(14)15/h3-6,8,13H,7H2,1-2H3,(H,14,15). The first kappa shape index (κ1) is 16.1. The number of esters is 1. The van der Waals surface area contributed by atoms with Gasteiger partial charge in [-0.1, -0.05) is 12.1 Å². The van der Waals surface area contributed by atoms with E-state index in [9.17, 15) is 18.0 Å². The van der Waals surface area contributed by atoms with Gasteiger partial charge in [0, 0.05) is 0 Å². The summed E-state index contributed by atoms with van der Waals surface area (Å²) in [7, 11) is -2.70. The molecular weight excluding hydrogens is 286 g/mol. The van der Waals surface area contributed by atoms with Crippen LogP contribution in [0, 0.1) is 0 Å². The molecule has 0 radical (unpaired) electrons. The van der Waals surface area contributed by atoms with E-state index < -0.39 is 28.0 Å². The van der Waals surface area contributed by atoms with Crippen LogP contribution in [0.3, 0.4) is 0 Å². The first-order chi connectivity index (χ1) is 9.26.